The molecule has 0 aromatic heterocycles. The van der Waals surface area contributed by atoms with Crippen molar-refractivity contribution in [3.63, 3.8) is 0 Å². The van der Waals surface area contributed by atoms with Crippen molar-refractivity contribution in [2.75, 3.05) is 5.32 Å². The molecule has 3 unspecified atom stereocenters. The standard InChI is InChI=1S/C16H21NO3/c1-3-11-4-6-12(7-5-11)17-15(18)13-8-10(2)9-14(13)16(19)20/h4-7,10,13-14H,3,8-9H2,1-2H3,(H,17,18)(H,19,20). The van der Waals surface area contributed by atoms with Gasteiger partial charge in [0.15, 0.2) is 0 Å². The molecule has 3 atom stereocenters. The molecule has 1 aliphatic rings. The van der Waals surface area contributed by atoms with Gasteiger partial charge in [0, 0.05) is 5.69 Å². The third-order valence-corrected chi connectivity index (χ3v) is 4.08. The van der Waals surface area contributed by atoms with E-state index in [4.69, 9.17) is 0 Å². The van der Waals surface area contributed by atoms with Crippen LogP contribution >= 0.6 is 0 Å². The Labute approximate surface area is 119 Å². The number of anilines is 1. The summed E-state index contributed by atoms with van der Waals surface area (Å²) in [5, 5.41) is 12.0. The van der Waals surface area contributed by atoms with Crippen LogP contribution in [0.4, 0.5) is 5.69 Å². The Morgan fingerprint density at radius 1 is 1.20 bits per heavy atom. The Morgan fingerprint density at radius 2 is 1.80 bits per heavy atom. The summed E-state index contributed by atoms with van der Waals surface area (Å²) in [5.74, 6) is -1.73. The van der Waals surface area contributed by atoms with Crippen LogP contribution in [0.25, 0.3) is 0 Å². The first kappa shape index (κ1) is 14.6. The van der Waals surface area contributed by atoms with E-state index in [-0.39, 0.29) is 11.8 Å². The van der Waals surface area contributed by atoms with Crippen LogP contribution in [0.5, 0.6) is 0 Å². The average molecular weight is 275 g/mol. The zero-order chi connectivity index (χ0) is 14.7. The van der Waals surface area contributed by atoms with E-state index < -0.39 is 17.8 Å². The van der Waals surface area contributed by atoms with Gasteiger partial charge in [0.25, 0.3) is 0 Å². The van der Waals surface area contributed by atoms with Crippen molar-refractivity contribution < 1.29 is 14.7 Å². The molecule has 1 amide bonds. The van der Waals surface area contributed by atoms with E-state index in [0.717, 1.165) is 12.1 Å². The second-order valence-electron chi connectivity index (χ2n) is 5.67. The SMILES string of the molecule is CCc1ccc(NC(=O)C2CC(C)CC2C(=O)O)cc1. The van der Waals surface area contributed by atoms with Crippen LogP contribution in [0.2, 0.25) is 0 Å². The maximum absolute atomic E-state index is 12.3. The van der Waals surface area contributed by atoms with Gasteiger partial charge in [-0.2, -0.15) is 0 Å². The first-order valence-corrected chi connectivity index (χ1v) is 7.13. The predicted molar refractivity (Wildman–Crippen MR) is 77.5 cm³/mol. The first-order valence-electron chi connectivity index (χ1n) is 7.13. The molecule has 0 heterocycles. The zero-order valence-corrected chi connectivity index (χ0v) is 11.9. The van der Waals surface area contributed by atoms with Gasteiger partial charge in [0.1, 0.15) is 0 Å². The molecule has 1 fully saturated rings. The Bertz CT molecular complexity index is 495. The zero-order valence-electron chi connectivity index (χ0n) is 11.9. The molecule has 1 saturated carbocycles. The summed E-state index contributed by atoms with van der Waals surface area (Å²) in [6.45, 7) is 4.07. The number of aliphatic carboxylic acids is 1. The fourth-order valence-corrected chi connectivity index (χ4v) is 2.91. The van der Waals surface area contributed by atoms with E-state index in [1.807, 2.05) is 31.2 Å². The van der Waals surface area contributed by atoms with E-state index in [1.165, 1.54) is 5.56 Å². The number of hydrogen-bond acceptors (Lipinski definition) is 2. The number of aryl methyl sites for hydroxylation is 1. The minimum absolute atomic E-state index is 0.175. The number of amides is 1. The van der Waals surface area contributed by atoms with Gasteiger partial charge >= 0.3 is 5.97 Å². The minimum atomic E-state index is -0.865. The lowest BCUT2D eigenvalue weighted by Crippen LogP contribution is -2.29. The van der Waals surface area contributed by atoms with Gasteiger partial charge in [0.05, 0.1) is 11.8 Å². The monoisotopic (exact) mass is 275 g/mol. The first-order chi connectivity index (χ1) is 9.51. The molecular formula is C16H21NO3. The van der Waals surface area contributed by atoms with Crippen molar-refractivity contribution in [2.45, 2.75) is 33.1 Å². The minimum Gasteiger partial charge on any atom is -0.481 e. The summed E-state index contributed by atoms with van der Waals surface area (Å²) in [6.07, 6.45) is 2.19. The van der Waals surface area contributed by atoms with Crippen molar-refractivity contribution in [2.24, 2.45) is 17.8 Å². The van der Waals surface area contributed by atoms with Crippen molar-refractivity contribution in [1.29, 1.82) is 0 Å². The van der Waals surface area contributed by atoms with Crippen molar-refractivity contribution >= 4 is 17.6 Å². The third kappa shape index (κ3) is 3.18. The van der Waals surface area contributed by atoms with Gasteiger partial charge in [-0.15, -0.1) is 0 Å². The Balaban J connectivity index is 2.04. The summed E-state index contributed by atoms with van der Waals surface area (Å²) in [6, 6.07) is 7.68. The third-order valence-electron chi connectivity index (χ3n) is 4.08. The van der Waals surface area contributed by atoms with Gasteiger partial charge in [0.2, 0.25) is 5.91 Å². The summed E-state index contributed by atoms with van der Waals surface area (Å²) < 4.78 is 0. The molecule has 0 spiro atoms. The lowest BCUT2D eigenvalue weighted by molar-refractivity contribution is -0.145. The predicted octanol–water partition coefficient (Wildman–Crippen LogP) is 2.93. The van der Waals surface area contributed by atoms with Gasteiger partial charge in [-0.3, -0.25) is 9.59 Å². The molecular weight excluding hydrogens is 254 g/mol. The Kier molecular flexibility index (Phi) is 4.42. The molecule has 0 radical (unpaired) electrons. The van der Waals surface area contributed by atoms with Crippen LogP contribution in [-0.4, -0.2) is 17.0 Å². The average Bonchev–Trinajstić information content (AvgIpc) is 2.82. The molecule has 0 saturated heterocycles. The van der Waals surface area contributed by atoms with Gasteiger partial charge in [-0.25, -0.2) is 0 Å². The van der Waals surface area contributed by atoms with Crippen LogP contribution in [-0.2, 0) is 16.0 Å². The topological polar surface area (TPSA) is 66.4 Å². The van der Waals surface area contributed by atoms with E-state index >= 15 is 0 Å². The van der Waals surface area contributed by atoms with Crippen LogP contribution in [0.3, 0.4) is 0 Å². The number of carboxylic acid groups (broad SMARTS) is 1. The van der Waals surface area contributed by atoms with Crippen LogP contribution in [0.1, 0.15) is 32.3 Å². The number of benzene rings is 1. The van der Waals surface area contributed by atoms with Crippen molar-refractivity contribution in [1.82, 2.24) is 0 Å². The van der Waals surface area contributed by atoms with Crippen LogP contribution in [0, 0.1) is 17.8 Å². The van der Waals surface area contributed by atoms with Gasteiger partial charge in [-0.05, 0) is 42.9 Å². The summed E-state index contributed by atoms with van der Waals surface area (Å²) >= 11 is 0. The maximum atomic E-state index is 12.3. The molecule has 1 aromatic carbocycles. The van der Waals surface area contributed by atoms with Gasteiger partial charge < -0.3 is 10.4 Å². The smallest absolute Gasteiger partial charge is 0.307 e. The number of hydrogen-bond donors (Lipinski definition) is 2. The number of rotatable bonds is 4. The van der Waals surface area contributed by atoms with E-state index in [0.29, 0.717) is 12.8 Å². The highest BCUT2D eigenvalue weighted by Gasteiger charge is 2.41. The van der Waals surface area contributed by atoms with Crippen molar-refractivity contribution in [3.8, 4) is 0 Å². The Hall–Kier alpha value is -1.84. The number of nitrogens with one attached hydrogen (secondary N) is 1. The summed E-state index contributed by atoms with van der Waals surface area (Å²) in [7, 11) is 0. The van der Waals surface area contributed by atoms with Crippen LogP contribution < -0.4 is 5.32 Å². The van der Waals surface area contributed by atoms with Crippen molar-refractivity contribution in [3.05, 3.63) is 29.8 Å². The Morgan fingerprint density at radius 3 is 2.35 bits per heavy atom. The molecule has 2 N–H and O–H groups in total. The largest absolute Gasteiger partial charge is 0.481 e. The van der Waals surface area contributed by atoms with E-state index in [1.54, 1.807) is 0 Å². The van der Waals surface area contributed by atoms with E-state index in [2.05, 4.69) is 12.2 Å². The molecule has 1 aromatic rings. The highest BCUT2D eigenvalue weighted by molar-refractivity contribution is 5.95. The molecule has 20 heavy (non-hydrogen) atoms. The molecule has 1 aliphatic carbocycles. The lowest BCUT2D eigenvalue weighted by atomic mass is 9.95. The summed E-state index contributed by atoms with van der Waals surface area (Å²) in [5.41, 5.74) is 1.94. The molecule has 108 valence electrons. The molecule has 4 heteroatoms. The number of carboxylic acids is 1. The second kappa shape index (κ2) is 6.07. The number of carbonyl (C=O) groups excluding carboxylic acids is 1. The van der Waals surface area contributed by atoms with Gasteiger partial charge in [-0.1, -0.05) is 26.0 Å². The number of carbonyl (C=O) groups is 2. The fourth-order valence-electron chi connectivity index (χ4n) is 2.91. The molecule has 0 aliphatic heterocycles. The quantitative estimate of drug-likeness (QED) is 0.887. The molecule has 2 rings (SSSR count). The second-order valence-corrected chi connectivity index (χ2v) is 5.67. The highest BCUT2D eigenvalue weighted by atomic mass is 16.4. The normalized spacial score (nSPS) is 25.4. The fraction of sp³-hybridized carbons (Fsp3) is 0.500. The van der Waals surface area contributed by atoms with E-state index in [9.17, 15) is 14.7 Å². The van der Waals surface area contributed by atoms with Crippen LogP contribution in [0.15, 0.2) is 24.3 Å². The summed E-state index contributed by atoms with van der Waals surface area (Å²) in [4.78, 5) is 23.5. The highest BCUT2D eigenvalue weighted by Crippen LogP contribution is 2.37. The molecule has 4 nitrogen and oxygen atoms in total. The molecule has 0 bridgehead atoms. The lowest BCUT2D eigenvalue weighted by Gasteiger charge is -2.15. The maximum Gasteiger partial charge on any atom is 0.307 e.